The van der Waals surface area contributed by atoms with Crippen LogP contribution in [0.3, 0.4) is 0 Å². The van der Waals surface area contributed by atoms with E-state index in [0.29, 0.717) is 10.7 Å². The lowest BCUT2D eigenvalue weighted by Gasteiger charge is -2.17. The monoisotopic (exact) mass is 342 g/mol. The van der Waals surface area contributed by atoms with Crippen molar-refractivity contribution in [3.8, 4) is 5.69 Å². The van der Waals surface area contributed by atoms with E-state index in [4.69, 9.17) is 11.6 Å². The number of nitro benzene ring substituents is 1. The predicted molar refractivity (Wildman–Crippen MR) is 93.7 cm³/mol. The number of aromatic nitrogens is 2. The Morgan fingerprint density at radius 3 is 2.58 bits per heavy atom. The van der Waals surface area contributed by atoms with E-state index in [-0.39, 0.29) is 11.7 Å². The molecule has 0 aliphatic heterocycles. The molecule has 1 N–H and O–H groups in total. The molecule has 0 saturated carbocycles. The Morgan fingerprint density at radius 1 is 1.25 bits per heavy atom. The molecular formula is C17H15ClN4O2. The zero-order valence-corrected chi connectivity index (χ0v) is 13.6. The molecule has 3 rings (SSSR count). The third-order valence-electron chi connectivity index (χ3n) is 3.73. The van der Waals surface area contributed by atoms with Gasteiger partial charge < -0.3 is 9.88 Å². The van der Waals surface area contributed by atoms with Crippen LogP contribution in [0.4, 0.5) is 11.4 Å². The number of nitrogens with one attached hydrogen (secondary N) is 1. The Kier molecular flexibility index (Phi) is 4.48. The first kappa shape index (κ1) is 16.0. The molecule has 0 saturated heterocycles. The molecule has 0 amide bonds. The lowest BCUT2D eigenvalue weighted by molar-refractivity contribution is -0.384. The number of anilines is 1. The van der Waals surface area contributed by atoms with Gasteiger partial charge >= 0.3 is 0 Å². The number of halogens is 1. The summed E-state index contributed by atoms with van der Waals surface area (Å²) < 4.78 is 1.93. The topological polar surface area (TPSA) is 73.0 Å². The highest BCUT2D eigenvalue weighted by Crippen LogP contribution is 2.29. The van der Waals surface area contributed by atoms with Gasteiger partial charge in [-0.2, -0.15) is 0 Å². The Hall–Kier alpha value is -2.86. The van der Waals surface area contributed by atoms with Crippen LogP contribution in [-0.4, -0.2) is 14.5 Å². The first-order valence-electron chi connectivity index (χ1n) is 7.33. The summed E-state index contributed by atoms with van der Waals surface area (Å²) in [5, 5.41) is 14.4. The summed E-state index contributed by atoms with van der Waals surface area (Å²) in [6, 6.07) is 12.5. The number of benzene rings is 2. The van der Waals surface area contributed by atoms with Crippen molar-refractivity contribution < 1.29 is 4.92 Å². The van der Waals surface area contributed by atoms with Gasteiger partial charge in [-0.3, -0.25) is 10.1 Å². The maximum absolute atomic E-state index is 10.8. The molecule has 24 heavy (non-hydrogen) atoms. The van der Waals surface area contributed by atoms with Crippen LogP contribution in [0.2, 0.25) is 5.02 Å². The van der Waals surface area contributed by atoms with Gasteiger partial charge in [-0.1, -0.05) is 23.7 Å². The lowest BCUT2D eigenvalue weighted by atomic mass is 10.1. The number of nitrogens with zero attached hydrogens (tertiary/aromatic N) is 3. The van der Waals surface area contributed by atoms with E-state index in [1.165, 1.54) is 12.1 Å². The Labute approximate surface area is 143 Å². The SMILES string of the molecule is CC(Nc1ccc([N+](=O)[O-])cc1Cl)c1ccc(-n2ccnc2)cc1. The van der Waals surface area contributed by atoms with Gasteiger partial charge in [0.1, 0.15) is 0 Å². The molecule has 6 nitrogen and oxygen atoms in total. The molecule has 0 aliphatic carbocycles. The average molecular weight is 343 g/mol. The Bertz CT molecular complexity index is 848. The van der Waals surface area contributed by atoms with Gasteiger partial charge in [-0.05, 0) is 30.7 Å². The maximum Gasteiger partial charge on any atom is 0.271 e. The van der Waals surface area contributed by atoms with Crippen LogP contribution in [0.1, 0.15) is 18.5 Å². The van der Waals surface area contributed by atoms with Crippen LogP contribution in [0.15, 0.2) is 61.2 Å². The minimum absolute atomic E-state index is 0.000735. The average Bonchev–Trinajstić information content (AvgIpc) is 3.11. The highest BCUT2D eigenvalue weighted by molar-refractivity contribution is 6.33. The molecule has 0 fully saturated rings. The van der Waals surface area contributed by atoms with Crippen molar-refractivity contribution in [2.75, 3.05) is 5.32 Å². The van der Waals surface area contributed by atoms with Crippen LogP contribution in [0, 0.1) is 10.1 Å². The molecule has 1 unspecified atom stereocenters. The third kappa shape index (κ3) is 3.38. The Morgan fingerprint density at radius 2 is 2.00 bits per heavy atom. The maximum atomic E-state index is 10.8. The fourth-order valence-corrected chi connectivity index (χ4v) is 2.63. The van der Waals surface area contributed by atoms with Crippen LogP contribution in [-0.2, 0) is 0 Å². The van der Waals surface area contributed by atoms with Gasteiger partial charge in [0.25, 0.3) is 5.69 Å². The molecular weight excluding hydrogens is 328 g/mol. The van der Waals surface area contributed by atoms with Gasteiger partial charge in [-0.15, -0.1) is 0 Å². The van der Waals surface area contributed by atoms with Gasteiger partial charge in [0.2, 0.25) is 0 Å². The van der Waals surface area contributed by atoms with E-state index in [2.05, 4.69) is 10.3 Å². The van der Waals surface area contributed by atoms with Crippen LogP contribution in [0.25, 0.3) is 5.69 Å². The summed E-state index contributed by atoms with van der Waals surface area (Å²) in [7, 11) is 0. The highest BCUT2D eigenvalue weighted by atomic mass is 35.5. The predicted octanol–water partition coefficient (Wildman–Crippen LogP) is 4.61. The van der Waals surface area contributed by atoms with Crippen LogP contribution >= 0.6 is 11.6 Å². The summed E-state index contributed by atoms with van der Waals surface area (Å²) in [4.78, 5) is 14.3. The van der Waals surface area contributed by atoms with Crippen LogP contribution in [0.5, 0.6) is 0 Å². The summed E-state index contributed by atoms with van der Waals surface area (Å²) in [5.74, 6) is 0. The van der Waals surface area contributed by atoms with Crippen LogP contribution < -0.4 is 5.32 Å². The normalized spacial score (nSPS) is 11.9. The minimum atomic E-state index is -0.464. The Balaban J connectivity index is 1.75. The largest absolute Gasteiger partial charge is 0.377 e. The molecule has 122 valence electrons. The van der Waals surface area contributed by atoms with E-state index in [0.717, 1.165) is 11.3 Å². The molecule has 2 aromatic carbocycles. The summed E-state index contributed by atoms with van der Waals surface area (Å²) >= 11 is 6.12. The molecule has 3 aromatic rings. The van der Waals surface area contributed by atoms with Crippen molar-refractivity contribution in [3.63, 3.8) is 0 Å². The first-order valence-corrected chi connectivity index (χ1v) is 7.71. The van der Waals surface area contributed by atoms with Crippen molar-refractivity contribution in [2.24, 2.45) is 0 Å². The van der Waals surface area contributed by atoms with Crippen molar-refractivity contribution in [2.45, 2.75) is 13.0 Å². The molecule has 0 bridgehead atoms. The second kappa shape index (κ2) is 6.72. The fourth-order valence-electron chi connectivity index (χ4n) is 2.40. The number of imidazole rings is 1. The second-order valence-electron chi connectivity index (χ2n) is 5.35. The van der Waals surface area contributed by atoms with E-state index in [1.807, 2.05) is 42.0 Å². The zero-order chi connectivity index (χ0) is 17.1. The molecule has 0 spiro atoms. The number of non-ortho nitro benzene ring substituents is 1. The summed E-state index contributed by atoms with van der Waals surface area (Å²) in [6.07, 6.45) is 5.36. The molecule has 1 aromatic heterocycles. The standard InChI is InChI=1S/C17H15ClN4O2/c1-12(20-17-7-6-15(22(23)24)10-16(17)18)13-2-4-14(5-3-13)21-9-8-19-11-21/h2-12,20H,1H3. The van der Waals surface area contributed by atoms with Gasteiger partial charge in [-0.25, -0.2) is 4.98 Å². The molecule has 0 aliphatic rings. The summed E-state index contributed by atoms with van der Waals surface area (Å²) in [6.45, 7) is 2.00. The van der Waals surface area contributed by atoms with Crippen molar-refractivity contribution in [1.82, 2.24) is 9.55 Å². The van der Waals surface area contributed by atoms with Crippen molar-refractivity contribution in [1.29, 1.82) is 0 Å². The number of hydrogen-bond acceptors (Lipinski definition) is 4. The third-order valence-corrected chi connectivity index (χ3v) is 4.04. The van der Waals surface area contributed by atoms with Crippen molar-refractivity contribution in [3.05, 3.63) is 81.9 Å². The van der Waals surface area contributed by atoms with E-state index < -0.39 is 4.92 Å². The first-order chi connectivity index (χ1) is 11.5. The molecule has 7 heteroatoms. The minimum Gasteiger partial charge on any atom is -0.377 e. The van der Waals surface area contributed by atoms with Crippen molar-refractivity contribution >= 4 is 23.0 Å². The number of hydrogen-bond donors (Lipinski definition) is 1. The highest BCUT2D eigenvalue weighted by Gasteiger charge is 2.12. The molecule has 1 heterocycles. The molecule has 1 atom stereocenters. The number of rotatable bonds is 5. The van der Waals surface area contributed by atoms with E-state index in [1.54, 1.807) is 18.6 Å². The van der Waals surface area contributed by atoms with E-state index in [9.17, 15) is 10.1 Å². The zero-order valence-electron chi connectivity index (χ0n) is 12.9. The number of nitro groups is 1. The fraction of sp³-hybridized carbons (Fsp3) is 0.118. The summed E-state index contributed by atoms with van der Waals surface area (Å²) in [5.41, 5.74) is 2.74. The second-order valence-corrected chi connectivity index (χ2v) is 5.76. The smallest absolute Gasteiger partial charge is 0.271 e. The van der Waals surface area contributed by atoms with Gasteiger partial charge in [0.15, 0.2) is 0 Å². The molecule has 0 radical (unpaired) electrons. The van der Waals surface area contributed by atoms with E-state index >= 15 is 0 Å². The van der Waals surface area contributed by atoms with Gasteiger partial charge in [0, 0.05) is 36.3 Å². The van der Waals surface area contributed by atoms with Gasteiger partial charge in [0.05, 0.1) is 22.0 Å². The quantitative estimate of drug-likeness (QED) is 0.543. The lowest BCUT2D eigenvalue weighted by Crippen LogP contribution is -2.07.